The predicted octanol–water partition coefficient (Wildman–Crippen LogP) is 4.04. The lowest BCUT2D eigenvalue weighted by Crippen LogP contribution is -2.37. The SMILES string of the molecule is CCC(F)(F)CCCSC(C)(C(=O)O)C(C)C. The summed E-state index contributed by atoms with van der Waals surface area (Å²) < 4.78 is 25.0. The number of aliphatic carboxylic acids is 1. The highest BCUT2D eigenvalue weighted by atomic mass is 32.2. The molecule has 0 bridgehead atoms. The molecule has 0 aliphatic rings. The molecule has 0 heterocycles. The fourth-order valence-electron chi connectivity index (χ4n) is 1.27. The number of carboxylic acid groups (broad SMARTS) is 1. The summed E-state index contributed by atoms with van der Waals surface area (Å²) in [5.74, 6) is -3.06. The van der Waals surface area contributed by atoms with Crippen molar-refractivity contribution in [3.05, 3.63) is 0 Å². The van der Waals surface area contributed by atoms with Crippen molar-refractivity contribution in [1.82, 2.24) is 0 Å². The summed E-state index contributed by atoms with van der Waals surface area (Å²) >= 11 is 1.26. The van der Waals surface area contributed by atoms with Crippen LogP contribution in [0.5, 0.6) is 0 Å². The molecule has 0 aliphatic heterocycles. The van der Waals surface area contributed by atoms with Crippen LogP contribution in [-0.4, -0.2) is 27.5 Å². The van der Waals surface area contributed by atoms with Gasteiger partial charge in [0, 0.05) is 12.8 Å². The standard InChI is InChI=1S/C12H22F2O2S/c1-5-12(13,14)7-6-8-17-11(4,9(2)3)10(15)16/h9H,5-8H2,1-4H3,(H,15,16). The van der Waals surface area contributed by atoms with Crippen molar-refractivity contribution in [3.8, 4) is 0 Å². The lowest BCUT2D eigenvalue weighted by molar-refractivity contribution is -0.140. The van der Waals surface area contributed by atoms with Gasteiger partial charge in [0.15, 0.2) is 0 Å². The fraction of sp³-hybridized carbons (Fsp3) is 0.917. The molecule has 0 aromatic carbocycles. The molecule has 2 nitrogen and oxygen atoms in total. The minimum atomic E-state index is -2.61. The van der Waals surface area contributed by atoms with E-state index in [1.54, 1.807) is 6.92 Å². The molecule has 0 radical (unpaired) electrons. The van der Waals surface area contributed by atoms with Gasteiger partial charge in [-0.25, -0.2) is 8.78 Å². The van der Waals surface area contributed by atoms with Gasteiger partial charge in [0.05, 0.1) is 0 Å². The Bertz CT molecular complexity index is 257. The molecule has 0 rings (SSSR count). The number of halogens is 2. The Balaban J connectivity index is 4.14. The highest BCUT2D eigenvalue weighted by molar-refractivity contribution is 8.01. The van der Waals surface area contributed by atoms with Crippen LogP contribution in [0, 0.1) is 5.92 Å². The molecule has 0 saturated carbocycles. The fourth-order valence-corrected chi connectivity index (χ4v) is 2.44. The van der Waals surface area contributed by atoms with Gasteiger partial charge in [-0.2, -0.15) is 0 Å². The first-order valence-corrected chi connectivity index (χ1v) is 6.89. The van der Waals surface area contributed by atoms with E-state index in [9.17, 15) is 13.6 Å². The Kier molecular flexibility index (Phi) is 6.45. The van der Waals surface area contributed by atoms with Gasteiger partial charge in [0.2, 0.25) is 5.92 Å². The average Bonchev–Trinajstić information content (AvgIpc) is 2.23. The molecule has 17 heavy (non-hydrogen) atoms. The normalized spacial score (nSPS) is 15.9. The van der Waals surface area contributed by atoms with Crippen molar-refractivity contribution in [1.29, 1.82) is 0 Å². The highest BCUT2D eigenvalue weighted by Gasteiger charge is 2.37. The molecule has 0 fully saturated rings. The Morgan fingerprint density at radius 1 is 1.41 bits per heavy atom. The lowest BCUT2D eigenvalue weighted by Gasteiger charge is -2.28. The van der Waals surface area contributed by atoms with Crippen molar-refractivity contribution in [3.63, 3.8) is 0 Å². The van der Waals surface area contributed by atoms with Gasteiger partial charge in [-0.3, -0.25) is 4.79 Å². The van der Waals surface area contributed by atoms with E-state index in [2.05, 4.69) is 0 Å². The number of carboxylic acids is 1. The van der Waals surface area contributed by atoms with E-state index in [1.165, 1.54) is 18.7 Å². The van der Waals surface area contributed by atoms with Crippen molar-refractivity contribution in [2.75, 3.05) is 5.75 Å². The van der Waals surface area contributed by atoms with Gasteiger partial charge in [-0.15, -0.1) is 11.8 Å². The molecule has 5 heteroatoms. The maximum Gasteiger partial charge on any atom is 0.319 e. The molecule has 0 amide bonds. The number of hydrogen-bond donors (Lipinski definition) is 1. The second kappa shape index (κ2) is 6.57. The number of carbonyl (C=O) groups is 1. The topological polar surface area (TPSA) is 37.3 Å². The molecular weight excluding hydrogens is 246 g/mol. The van der Waals surface area contributed by atoms with Gasteiger partial charge in [0.25, 0.3) is 0 Å². The number of thioether (sulfide) groups is 1. The van der Waals surface area contributed by atoms with E-state index in [0.717, 1.165) is 0 Å². The zero-order chi connectivity index (χ0) is 13.7. The van der Waals surface area contributed by atoms with Crippen LogP contribution in [0.2, 0.25) is 0 Å². The summed E-state index contributed by atoms with van der Waals surface area (Å²) in [6, 6.07) is 0. The van der Waals surface area contributed by atoms with Crippen LogP contribution in [0.3, 0.4) is 0 Å². The second-order valence-corrected chi connectivity index (χ2v) is 6.27. The number of hydrogen-bond acceptors (Lipinski definition) is 2. The minimum absolute atomic E-state index is 0.0308. The van der Waals surface area contributed by atoms with Crippen LogP contribution >= 0.6 is 11.8 Å². The quantitative estimate of drug-likeness (QED) is 0.675. The third-order valence-electron chi connectivity index (χ3n) is 3.13. The summed E-state index contributed by atoms with van der Waals surface area (Å²) in [6.07, 6.45) is 0.0312. The van der Waals surface area contributed by atoms with Gasteiger partial charge in [-0.1, -0.05) is 20.8 Å². The molecule has 1 unspecified atom stereocenters. The van der Waals surface area contributed by atoms with Crippen molar-refractivity contribution < 1.29 is 18.7 Å². The van der Waals surface area contributed by atoms with E-state index in [4.69, 9.17) is 5.11 Å². The van der Waals surface area contributed by atoms with E-state index >= 15 is 0 Å². The Morgan fingerprint density at radius 2 is 1.94 bits per heavy atom. The first-order chi connectivity index (χ1) is 7.65. The third kappa shape index (κ3) is 5.23. The van der Waals surface area contributed by atoms with Crippen molar-refractivity contribution >= 4 is 17.7 Å². The van der Waals surface area contributed by atoms with Crippen LogP contribution < -0.4 is 0 Å². The van der Waals surface area contributed by atoms with Crippen LogP contribution in [0.4, 0.5) is 8.78 Å². The molecule has 1 atom stereocenters. The predicted molar refractivity (Wildman–Crippen MR) is 67.8 cm³/mol. The Morgan fingerprint density at radius 3 is 2.29 bits per heavy atom. The Hall–Kier alpha value is -0.320. The summed E-state index contributed by atoms with van der Waals surface area (Å²) in [5, 5.41) is 9.14. The van der Waals surface area contributed by atoms with Crippen molar-refractivity contribution in [2.24, 2.45) is 5.92 Å². The Labute approximate surface area is 106 Å². The first-order valence-electron chi connectivity index (χ1n) is 5.91. The van der Waals surface area contributed by atoms with Crippen LogP contribution in [0.15, 0.2) is 0 Å². The van der Waals surface area contributed by atoms with Gasteiger partial charge in [0.1, 0.15) is 4.75 Å². The number of alkyl halides is 2. The summed E-state index contributed by atoms with van der Waals surface area (Å²) in [4.78, 5) is 11.1. The third-order valence-corrected chi connectivity index (χ3v) is 4.87. The zero-order valence-corrected chi connectivity index (χ0v) is 11.7. The minimum Gasteiger partial charge on any atom is -0.480 e. The van der Waals surface area contributed by atoms with Gasteiger partial charge in [-0.05, 0) is 25.0 Å². The van der Waals surface area contributed by atoms with Gasteiger partial charge >= 0.3 is 5.97 Å². The zero-order valence-electron chi connectivity index (χ0n) is 10.9. The second-order valence-electron chi connectivity index (χ2n) is 4.73. The van der Waals surface area contributed by atoms with Crippen molar-refractivity contribution in [2.45, 2.75) is 57.6 Å². The van der Waals surface area contributed by atoms with E-state index in [1.807, 2.05) is 13.8 Å². The maximum atomic E-state index is 13.0. The van der Waals surface area contributed by atoms with E-state index in [-0.39, 0.29) is 18.8 Å². The first kappa shape index (κ1) is 16.7. The molecule has 0 spiro atoms. The number of rotatable bonds is 8. The average molecular weight is 268 g/mol. The lowest BCUT2D eigenvalue weighted by atomic mass is 9.97. The summed E-state index contributed by atoms with van der Waals surface area (Å²) in [7, 11) is 0. The molecule has 0 saturated heterocycles. The monoisotopic (exact) mass is 268 g/mol. The molecule has 0 aromatic heterocycles. The highest BCUT2D eigenvalue weighted by Crippen LogP contribution is 2.35. The maximum absolute atomic E-state index is 13.0. The summed E-state index contributed by atoms with van der Waals surface area (Å²) in [5.41, 5.74) is 0. The van der Waals surface area contributed by atoms with E-state index in [0.29, 0.717) is 12.2 Å². The molecular formula is C12H22F2O2S. The van der Waals surface area contributed by atoms with Gasteiger partial charge < -0.3 is 5.11 Å². The molecule has 1 N–H and O–H groups in total. The molecule has 102 valence electrons. The smallest absolute Gasteiger partial charge is 0.319 e. The van der Waals surface area contributed by atoms with Crippen LogP contribution in [0.25, 0.3) is 0 Å². The summed E-state index contributed by atoms with van der Waals surface area (Å²) in [6.45, 7) is 6.79. The van der Waals surface area contributed by atoms with Crippen LogP contribution in [0.1, 0.15) is 47.0 Å². The van der Waals surface area contributed by atoms with E-state index < -0.39 is 16.6 Å². The largest absolute Gasteiger partial charge is 0.480 e. The van der Waals surface area contributed by atoms with Crippen LogP contribution in [-0.2, 0) is 4.79 Å². The molecule has 0 aromatic rings. The molecule has 0 aliphatic carbocycles.